The number of aliphatic imine (C=N–C) groups is 1. The second-order valence-corrected chi connectivity index (χ2v) is 5.89. The summed E-state index contributed by atoms with van der Waals surface area (Å²) in [6.45, 7) is 1.99. The lowest BCUT2D eigenvalue weighted by Crippen LogP contribution is -2.17. The van der Waals surface area contributed by atoms with E-state index in [1.807, 2.05) is 6.07 Å². The van der Waals surface area contributed by atoms with Gasteiger partial charge in [-0.25, -0.2) is 0 Å². The molecule has 0 radical (unpaired) electrons. The molecule has 0 unspecified atom stereocenters. The van der Waals surface area contributed by atoms with E-state index in [9.17, 15) is 10.1 Å². The van der Waals surface area contributed by atoms with Crippen LogP contribution in [0.25, 0.3) is 0 Å². The Balaban J connectivity index is 1.79. The average Bonchev–Trinajstić information content (AvgIpc) is 3.14. The number of nitrogens with zero attached hydrogens (tertiary/aromatic N) is 3. The zero-order valence-electron chi connectivity index (χ0n) is 11.7. The molecule has 0 spiro atoms. The fourth-order valence-corrected chi connectivity index (χ4v) is 2.96. The first-order valence-electron chi connectivity index (χ1n) is 6.96. The molecule has 1 fully saturated rings. The first-order chi connectivity index (χ1) is 10.6. The van der Waals surface area contributed by atoms with E-state index in [2.05, 4.69) is 25.8 Å². The molecule has 1 aromatic heterocycles. The molecule has 1 aliphatic heterocycles. The number of nitro benzene ring substituents is 1. The SMILES string of the molecule is O=[N+]([O-])c1cccc(N=Cc2cc(Br)c(N3CCCC3)o2)c1. The van der Waals surface area contributed by atoms with Gasteiger partial charge in [0.2, 0.25) is 5.88 Å². The van der Waals surface area contributed by atoms with E-state index in [0.717, 1.165) is 23.4 Å². The molecular weight excluding hydrogens is 350 g/mol. The number of benzene rings is 1. The molecular formula is C15H14BrN3O3. The van der Waals surface area contributed by atoms with Gasteiger partial charge in [0, 0.05) is 31.3 Å². The number of anilines is 1. The Hall–Kier alpha value is -2.15. The third kappa shape index (κ3) is 3.19. The minimum atomic E-state index is -0.437. The van der Waals surface area contributed by atoms with Crippen molar-refractivity contribution >= 4 is 39.4 Å². The maximum Gasteiger partial charge on any atom is 0.271 e. The Morgan fingerprint density at radius 2 is 2.09 bits per heavy atom. The summed E-state index contributed by atoms with van der Waals surface area (Å²) in [4.78, 5) is 16.7. The fraction of sp³-hybridized carbons (Fsp3) is 0.267. The topological polar surface area (TPSA) is 71.9 Å². The lowest BCUT2D eigenvalue weighted by atomic mass is 10.3. The molecule has 114 valence electrons. The summed E-state index contributed by atoms with van der Waals surface area (Å²) >= 11 is 3.50. The minimum Gasteiger partial charge on any atom is -0.438 e. The van der Waals surface area contributed by atoms with Crippen LogP contribution >= 0.6 is 15.9 Å². The van der Waals surface area contributed by atoms with E-state index < -0.39 is 4.92 Å². The Bertz CT molecular complexity index is 721. The number of hydrogen-bond donors (Lipinski definition) is 0. The quantitative estimate of drug-likeness (QED) is 0.461. The monoisotopic (exact) mass is 363 g/mol. The van der Waals surface area contributed by atoms with E-state index >= 15 is 0 Å². The molecule has 0 saturated carbocycles. The van der Waals surface area contributed by atoms with Crippen molar-refractivity contribution in [2.24, 2.45) is 4.99 Å². The zero-order valence-corrected chi connectivity index (χ0v) is 13.3. The number of hydrogen-bond acceptors (Lipinski definition) is 5. The van der Waals surface area contributed by atoms with Crippen LogP contribution in [-0.2, 0) is 0 Å². The second-order valence-electron chi connectivity index (χ2n) is 5.03. The fourth-order valence-electron chi connectivity index (χ4n) is 2.40. The Morgan fingerprint density at radius 3 is 2.82 bits per heavy atom. The smallest absolute Gasteiger partial charge is 0.271 e. The summed E-state index contributed by atoms with van der Waals surface area (Å²) in [6.07, 6.45) is 3.91. The van der Waals surface area contributed by atoms with E-state index in [0.29, 0.717) is 11.4 Å². The molecule has 0 amide bonds. The van der Waals surface area contributed by atoms with Crippen LogP contribution in [-0.4, -0.2) is 24.2 Å². The molecule has 0 bridgehead atoms. The number of rotatable bonds is 4. The summed E-state index contributed by atoms with van der Waals surface area (Å²) in [6, 6.07) is 8.04. The second kappa shape index (κ2) is 6.31. The van der Waals surface area contributed by atoms with Gasteiger partial charge in [0.25, 0.3) is 5.69 Å². The van der Waals surface area contributed by atoms with Crippen molar-refractivity contribution in [1.82, 2.24) is 0 Å². The van der Waals surface area contributed by atoms with Gasteiger partial charge >= 0.3 is 0 Å². The molecule has 3 rings (SSSR count). The molecule has 7 heteroatoms. The highest BCUT2D eigenvalue weighted by Gasteiger charge is 2.19. The highest BCUT2D eigenvalue weighted by Crippen LogP contribution is 2.32. The lowest BCUT2D eigenvalue weighted by Gasteiger charge is -2.13. The van der Waals surface area contributed by atoms with Crippen molar-refractivity contribution in [2.45, 2.75) is 12.8 Å². The number of non-ortho nitro benzene ring substituents is 1. The third-order valence-electron chi connectivity index (χ3n) is 3.46. The van der Waals surface area contributed by atoms with Gasteiger partial charge in [0.1, 0.15) is 5.76 Å². The Labute approximate surface area is 135 Å². The van der Waals surface area contributed by atoms with Crippen LogP contribution in [0.3, 0.4) is 0 Å². The van der Waals surface area contributed by atoms with Crippen molar-refractivity contribution in [1.29, 1.82) is 0 Å². The zero-order chi connectivity index (χ0) is 15.5. The van der Waals surface area contributed by atoms with Gasteiger partial charge in [0.05, 0.1) is 21.3 Å². The van der Waals surface area contributed by atoms with E-state index in [-0.39, 0.29) is 5.69 Å². The summed E-state index contributed by atoms with van der Waals surface area (Å²) in [5.41, 5.74) is 0.539. The molecule has 1 aromatic carbocycles. The van der Waals surface area contributed by atoms with Crippen LogP contribution < -0.4 is 4.90 Å². The van der Waals surface area contributed by atoms with Gasteiger partial charge in [-0.15, -0.1) is 0 Å². The molecule has 2 heterocycles. The van der Waals surface area contributed by atoms with Gasteiger partial charge in [0.15, 0.2) is 0 Å². The van der Waals surface area contributed by atoms with Crippen LogP contribution in [0.2, 0.25) is 0 Å². The molecule has 22 heavy (non-hydrogen) atoms. The Kier molecular flexibility index (Phi) is 4.24. The van der Waals surface area contributed by atoms with Crippen molar-refractivity contribution in [3.63, 3.8) is 0 Å². The minimum absolute atomic E-state index is 0.0213. The van der Waals surface area contributed by atoms with Gasteiger partial charge < -0.3 is 9.32 Å². The molecule has 0 N–H and O–H groups in total. The van der Waals surface area contributed by atoms with Gasteiger partial charge in [-0.2, -0.15) is 0 Å². The van der Waals surface area contributed by atoms with Crippen molar-refractivity contribution in [3.05, 3.63) is 50.7 Å². The van der Waals surface area contributed by atoms with Crippen molar-refractivity contribution < 1.29 is 9.34 Å². The maximum absolute atomic E-state index is 10.7. The highest BCUT2D eigenvalue weighted by atomic mass is 79.9. The van der Waals surface area contributed by atoms with E-state index in [1.165, 1.54) is 25.0 Å². The van der Waals surface area contributed by atoms with Crippen molar-refractivity contribution in [2.75, 3.05) is 18.0 Å². The molecule has 1 aliphatic rings. The molecule has 6 nitrogen and oxygen atoms in total. The lowest BCUT2D eigenvalue weighted by molar-refractivity contribution is -0.384. The predicted molar refractivity (Wildman–Crippen MR) is 88.2 cm³/mol. The Morgan fingerprint density at radius 1 is 1.32 bits per heavy atom. The maximum atomic E-state index is 10.7. The molecule has 2 aromatic rings. The predicted octanol–water partition coefficient (Wildman–Crippen LogP) is 4.30. The van der Waals surface area contributed by atoms with E-state index in [4.69, 9.17) is 4.42 Å². The highest BCUT2D eigenvalue weighted by molar-refractivity contribution is 9.10. The van der Waals surface area contributed by atoms with Gasteiger partial charge in [-0.3, -0.25) is 15.1 Å². The first kappa shape index (κ1) is 14.8. The number of nitro groups is 1. The number of halogens is 1. The summed E-state index contributed by atoms with van der Waals surface area (Å²) < 4.78 is 6.69. The molecule has 0 aliphatic carbocycles. The van der Waals surface area contributed by atoms with E-state index in [1.54, 1.807) is 18.3 Å². The van der Waals surface area contributed by atoms with Gasteiger partial charge in [-0.05, 0) is 34.8 Å². The van der Waals surface area contributed by atoms with Crippen LogP contribution in [0.1, 0.15) is 18.6 Å². The van der Waals surface area contributed by atoms with Crippen LogP contribution in [0.4, 0.5) is 17.3 Å². The summed E-state index contributed by atoms with van der Waals surface area (Å²) in [5.74, 6) is 1.43. The normalized spacial score (nSPS) is 14.9. The van der Waals surface area contributed by atoms with Crippen LogP contribution in [0, 0.1) is 10.1 Å². The average molecular weight is 364 g/mol. The first-order valence-corrected chi connectivity index (χ1v) is 7.75. The summed E-state index contributed by atoms with van der Waals surface area (Å²) in [7, 11) is 0. The van der Waals surface area contributed by atoms with Crippen molar-refractivity contribution in [3.8, 4) is 0 Å². The van der Waals surface area contributed by atoms with Crippen LogP contribution in [0.5, 0.6) is 0 Å². The van der Waals surface area contributed by atoms with Gasteiger partial charge in [-0.1, -0.05) is 6.07 Å². The molecule has 0 atom stereocenters. The largest absolute Gasteiger partial charge is 0.438 e. The molecule has 1 saturated heterocycles. The number of furan rings is 1. The van der Waals surface area contributed by atoms with Crippen LogP contribution in [0.15, 0.2) is 44.2 Å². The summed E-state index contributed by atoms with van der Waals surface area (Å²) in [5, 5.41) is 10.7. The standard InChI is InChI=1S/C15H14BrN3O3/c16-14-9-13(22-15(14)18-6-1-2-7-18)10-17-11-4-3-5-12(8-11)19(20)21/h3-5,8-10H,1-2,6-7H2. The third-order valence-corrected chi connectivity index (χ3v) is 4.03.